The lowest BCUT2D eigenvalue weighted by Crippen LogP contribution is -2.46. The van der Waals surface area contributed by atoms with Crippen molar-refractivity contribution in [3.63, 3.8) is 0 Å². The van der Waals surface area contributed by atoms with Crippen LogP contribution in [0, 0.1) is 12.8 Å². The largest absolute Gasteiger partial charge is 0.444 e. The summed E-state index contributed by atoms with van der Waals surface area (Å²) >= 11 is 0. The summed E-state index contributed by atoms with van der Waals surface area (Å²) in [5.41, 5.74) is 2.56. The van der Waals surface area contributed by atoms with E-state index in [2.05, 4.69) is 39.4 Å². The second-order valence-corrected chi connectivity index (χ2v) is 12.4. The molecule has 2 saturated heterocycles. The van der Waals surface area contributed by atoms with Gasteiger partial charge in [0.25, 0.3) is 0 Å². The molecule has 0 bridgehead atoms. The minimum absolute atomic E-state index is 0.198. The van der Waals surface area contributed by atoms with Gasteiger partial charge in [0.05, 0.1) is 23.5 Å². The van der Waals surface area contributed by atoms with Crippen LogP contribution in [0.3, 0.4) is 0 Å². The van der Waals surface area contributed by atoms with Gasteiger partial charge in [-0.15, -0.1) is 0 Å². The number of nitrogens with one attached hydrogen (secondary N) is 2. The molecule has 0 radical (unpaired) electrons. The van der Waals surface area contributed by atoms with Gasteiger partial charge in [-0.25, -0.2) is 4.79 Å². The smallest absolute Gasteiger partial charge is 0.407 e. The van der Waals surface area contributed by atoms with Gasteiger partial charge < -0.3 is 19.9 Å². The number of amides is 3. The quantitative estimate of drug-likeness (QED) is 0.541. The Morgan fingerprint density at radius 3 is 2.42 bits per heavy atom. The minimum atomic E-state index is -0.467. The number of hydrogen-bond acceptors (Lipinski definition) is 7. The van der Waals surface area contributed by atoms with E-state index in [1.165, 1.54) is 0 Å². The lowest BCUT2D eigenvalue weighted by atomic mass is 9.89. The average Bonchev–Trinajstić information content (AvgIpc) is 2.84. The van der Waals surface area contributed by atoms with Crippen LogP contribution in [0.4, 0.5) is 10.5 Å². The first-order valence-corrected chi connectivity index (χ1v) is 14.2. The number of piperidine rings is 2. The maximum absolute atomic E-state index is 12.2. The fraction of sp³-hybridized carbons (Fsp3) is 0.724. The molecule has 38 heavy (non-hydrogen) atoms. The van der Waals surface area contributed by atoms with Gasteiger partial charge in [0.2, 0.25) is 11.8 Å². The second-order valence-electron chi connectivity index (χ2n) is 12.4. The predicted molar refractivity (Wildman–Crippen MR) is 147 cm³/mol. The molecule has 210 valence electrons. The molecule has 1 aromatic heterocycles. The summed E-state index contributed by atoms with van der Waals surface area (Å²) in [5.74, 6) is -0.107. The molecule has 3 heterocycles. The SMILES string of the molecule is Cc1cc(C2CCC(=O)NC2=O)ncc1N1CCC(CN(C)C2CCC(NC(=O)OC(C)(C)C)CC2)CC1. The fourth-order valence-electron chi connectivity index (χ4n) is 6.12. The van der Waals surface area contributed by atoms with Gasteiger partial charge in [-0.05, 0) is 97.2 Å². The van der Waals surface area contributed by atoms with E-state index in [1.807, 2.05) is 33.0 Å². The van der Waals surface area contributed by atoms with Gasteiger partial charge in [0.1, 0.15) is 5.60 Å². The van der Waals surface area contributed by atoms with Crippen LogP contribution in [0.5, 0.6) is 0 Å². The minimum Gasteiger partial charge on any atom is -0.444 e. The molecular weight excluding hydrogens is 482 g/mol. The number of aromatic nitrogens is 1. The Morgan fingerprint density at radius 2 is 1.82 bits per heavy atom. The number of carbonyl (C=O) groups is 3. The molecule has 1 aliphatic carbocycles. The van der Waals surface area contributed by atoms with Crippen molar-refractivity contribution in [2.24, 2.45) is 5.92 Å². The normalized spacial score (nSPS) is 25.3. The van der Waals surface area contributed by atoms with Crippen molar-refractivity contribution in [2.75, 3.05) is 31.6 Å². The van der Waals surface area contributed by atoms with Crippen molar-refractivity contribution in [1.82, 2.24) is 20.5 Å². The van der Waals surface area contributed by atoms with Crippen LogP contribution < -0.4 is 15.5 Å². The maximum atomic E-state index is 12.2. The Labute approximate surface area is 227 Å². The number of ether oxygens (including phenoxy) is 1. The maximum Gasteiger partial charge on any atom is 0.407 e. The Hall–Kier alpha value is -2.68. The summed E-state index contributed by atoms with van der Waals surface area (Å²) in [6.07, 6.45) is 8.97. The summed E-state index contributed by atoms with van der Waals surface area (Å²) in [6, 6.07) is 2.79. The number of rotatable bonds is 6. The summed E-state index contributed by atoms with van der Waals surface area (Å²) < 4.78 is 5.41. The number of imide groups is 1. The average molecular weight is 528 g/mol. The van der Waals surface area contributed by atoms with E-state index in [9.17, 15) is 14.4 Å². The molecule has 1 saturated carbocycles. The first kappa shape index (κ1) is 28.3. The van der Waals surface area contributed by atoms with Gasteiger partial charge in [0.15, 0.2) is 0 Å². The number of pyridine rings is 1. The van der Waals surface area contributed by atoms with E-state index in [0.29, 0.717) is 24.8 Å². The molecule has 1 aromatic rings. The Kier molecular flexibility index (Phi) is 8.96. The molecule has 9 nitrogen and oxygen atoms in total. The molecule has 3 fully saturated rings. The molecule has 1 atom stereocenters. The number of nitrogens with zero attached hydrogens (tertiary/aromatic N) is 3. The standard InChI is InChI=1S/C29H45N5O4/c1-19-16-24(23-10-11-26(35)32-27(23)36)30-17-25(19)34-14-12-20(13-15-34)18-33(5)22-8-6-21(7-9-22)31-28(37)38-29(2,3)4/h16-17,20-23H,6-15,18H2,1-5H3,(H,31,37)(H,32,35,36). The van der Waals surface area contributed by atoms with Gasteiger partial charge in [-0.1, -0.05) is 0 Å². The van der Waals surface area contributed by atoms with Gasteiger partial charge >= 0.3 is 6.09 Å². The molecule has 2 N–H and O–H groups in total. The van der Waals surface area contributed by atoms with Crippen LogP contribution in [0.15, 0.2) is 12.3 Å². The van der Waals surface area contributed by atoms with E-state index >= 15 is 0 Å². The van der Waals surface area contributed by atoms with Gasteiger partial charge in [-0.2, -0.15) is 0 Å². The zero-order valence-corrected chi connectivity index (χ0v) is 23.7. The summed E-state index contributed by atoms with van der Waals surface area (Å²) in [4.78, 5) is 45.4. The van der Waals surface area contributed by atoms with Crippen LogP contribution >= 0.6 is 0 Å². The molecule has 4 rings (SSSR count). The predicted octanol–water partition coefficient (Wildman–Crippen LogP) is 3.89. The molecule has 9 heteroatoms. The van der Waals surface area contributed by atoms with Crippen molar-refractivity contribution in [1.29, 1.82) is 0 Å². The Bertz CT molecular complexity index is 1010. The van der Waals surface area contributed by atoms with Crippen LogP contribution in [0.25, 0.3) is 0 Å². The topological polar surface area (TPSA) is 104 Å². The third-order valence-corrected chi connectivity index (χ3v) is 8.24. The fourth-order valence-corrected chi connectivity index (χ4v) is 6.12. The van der Waals surface area contributed by atoms with E-state index in [-0.39, 0.29) is 29.9 Å². The molecule has 3 aliphatic rings. The monoisotopic (exact) mass is 527 g/mol. The third kappa shape index (κ3) is 7.46. The molecule has 3 amide bonds. The number of hydrogen-bond donors (Lipinski definition) is 2. The van der Waals surface area contributed by atoms with Crippen molar-refractivity contribution < 1.29 is 19.1 Å². The Balaban J connectivity index is 1.21. The number of alkyl carbamates (subject to hydrolysis) is 1. The second kappa shape index (κ2) is 12.0. The highest BCUT2D eigenvalue weighted by Crippen LogP contribution is 2.31. The van der Waals surface area contributed by atoms with E-state index in [0.717, 1.165) is 75.1 Å². The van der Waals surface area contributed by atoms with E-state index < -0.39 is 5.60 Å². The van der Waals surface area contributed by atoms with Gasteiger partial charge in [-0.3, -0.25) is 19.9 Å². The number of anilines is 1. The molecule has 0 spiro atoms. The van der Waals surface area contributed by atoms with E-state index in [4.69, 9.17) is 4.74 Å². The van der Waals surface area contributed by atoms with Crippen LogP contribution in [0.2, 0.25) is 0 Å². The van der Waals surface area contributed by atoms with Crippen molar-refractivity contribution >= 4 is 23.6 Å². The van der Waals surface area contributed by atoms with Crippen molar-refractivity contribution in [3.8, 4) is 0 Å². The molecule has 2 aliphatic heterocycles. The zero-order chi connectivity index (χ0) is 27.4. The first-order valence-electron chi connectivity index (χ1n) is 14.2. The molecular formula is C29H45N5O4. The number of carbonyl (C=O) groups excluding carboxylic acids is 3. The summed E-state index contributed by atoms with van der Waals surface area (Å²) in [5, 5.41) is 5.48. The van der Waals surface area contributed by atoms with E-state index in [1.54, 1.807) is 0 Å². The van der Waals surface area contributed by atoms with Crippen molar-refractivity contribution in [2.45, 2.75) is 103 Å². The third-order valence-electron chi connectivity index (χ3n) is 8.24. The highest BCUT2D eigenvalue weighted by molar-refractivity contribution is 6.00. The highest BCUT2D eigenvalue weighted by Gasteiger charge is 2.31. The lowest BCUT2D eigenvalue weighted by molar-refractivity contribution is -0.134. The summed E-state index contributed by atoms with van der Waals surface area (Å²) in [7, 11) is 2.25. The highest BCUT2D eigenvalue weighted by atomic mass is 16.6. The van der Waals surface area contributed by atoms with Crippen LogP contribution in [-0.2, 0) is 14.3 Å². The van der Waals surface area contributed by atoms with Crippen molar-refractivity contribution in [3.05, 3.63) is 23.5 Å². The zero-order valence-electron chi connectivity index (χ0n) is 23.7. The Morgan fingerprint density at radius 1 is 1.13 bits per heavy atom. The summed E-state index contributed by atoms with van der Waals surface area (Å²) in [6.45, 7) is 10.9. The lowest BCUT2D eigenvalue weighted by Gasteiger charge is -2.39. The number of aryl methyl sites for hydroxylation is 1. The molecule has 0 aromatic carbocycles. The van der Waals surface area contributed by atoms with Crippen LogP contribution in [-0.4, -0.2) is 72.2 Å². The van der Waals surface area contributed by atoms with Gasteiger partial charge in [0, 0.05) is 38.1 Å². The first-order chi connectivity index (χ1) is 18.0. The molecule has 1 unspecified atom stereocenters. The van der Waals surface area contributed by atoms with Crippen LogP contribution in [0.1, 0.15) is 89.3 Å².